The molecule has 1 saturated heterocycles. The van der Waals surface area contributed by atoms with Crippen LogP contribution >= 0.6 is 0 Å². The molecule has 2 rings (SSSR count). The Bertz CT molecular complexity index is 770. The number of halogens is 3. The zero-order valence-corrected chi connectivity index (χ0v) is 17.6. The second kappa shape index (κ2) is 10.5. The molecule has 1 heterocycles. The smallest absolute Gasteiger partial charge is 0.466 e. The first-order valence-corrected chi connectivity index (χ1v) is 10.1. The van der Waals surface area contributed by atoms with Gasteiger partial charge in [0.15, 0.2) is 0 Å². The van der Waals surface area contributed by atoms with Crippen LogP contribution in [0.4, 0.5) is 18.0 Å². The summed E-state index contributed by atoms with van der Waals surface area (Å²) in [6.45, 7) is 5.09. The molecule has 1 aliphatic heterocycles. The molecule has 1 aromatic rings. The fourth-order valence-corrected chi connectivity index (χ4v) is 3.73. The number of esters is 1. The molecule has 3 atom stereocenters. The molecular formula is C21H27F3N2O5. The summed E-state index contributed by atoms with van der Waals surface area (Å²) in [7, 11) is 0. The first-order valence-electron chi connectivity index (χ1n) is 10.1. The Kier molecular flexibility index (Phi) is 8.29. The van der Waals surface area contributed by atoms with E-state index >= 15 is 0 Å². The van der Waals surface area contributed by atoms with Crippen molar-refractivity contribution in [1.29, 1.82) is 0 Å². The van der Waals surface area contributed by atoms with Crippen LogP contribution in [0.1, 0.15) is 32.8 Å². The molecule has 7 nitrogen and oxygen atoms in total. The predicted molar refractivity (Wildman–Crippen MR) is 105 cm³/mol. The molecule has 1 N–H and O–H groups in total. The van der Waals surface area contributed by atoms with Gasteiger partial charge in [-0.2, -0.15) is 13.2 Å². The molecule has 0 bridgehead atoms. The van der Waals surface area contributed by atoms with E-state index in [1.54, 1.807) is 45.0 Å². The lowest BCUT2D eigenvalue weighted by Gasteiger charge is -2.35. The number of benzene rings is 1. The number of hydrogen-bond acceptors (Lipinski definition) is 5. The quantitative estimate of drug-likeness (QED) is 0.653. The number of rotatable bonds is 7. The summed E-state index contributed by atoms with van der Waals surface area (Å²) < 4.78 is 48.9. The zero-order chi connectivity index (χ0) is 23.2. The highest BCUT2D eigenvalue weighted by Gasteiger charge is 2.50. The molecule has 1 aromatic carbocycles. The van der Waals surface area contributed by atoms with Crippen LogP contribution in [-0.4, -0.2) is 54.3 Å². The fraction of sp³-hybridized carbons (Fsp3) is 0.571. The lowest BCUT2D eigenvalue weighted by Crippen LogP contribution is -2.55. The molecule has 0 radical (unpaired) electrons. The van der Waals surface area contributed by atoms with Crippen LogP contribution in [0.3, 0.4) is 0 Å². The number of amides is 2. The van der Waals surface area contributed by atoms with Gasteiger partial charge in [-0.25, -0.2) is 4.79 Å². The summed E-state index contributed by atoms with van der Waals surface area (Å²) in [5, 5.41) is 1.94. The molecule has 2 amide bonds. The van der Waals surface area contributed by atoms with Crippen molar-refractivity contribution in [3.05, 3.63) is 35.9 Å². The summed E-state index contributed by atoms with van der Waals surface area (Å²) in [4.78, 5) is 38.2. The topological polar surface area (TPSA) is 84.9 Å². The number of alkyl halides is 3. The molecular weight excluding hydrogens is 417 g/mol. The van der Waals surface area contributed by atoms with Crippen molar-refractivity contribution in [1.82, 2.24) is 10.2 Å². The Morgan fingerprint density at radius 1 is 1.16 bits per heavy atom. The third kappa shape index (κ3) is 6.35. The second-order valence-electron chi connectivity index (χ2n) is 7.61. The monoisotopic (exact) mass is 444 g/mol. The summed E-state index contributed by atoms with van der Waals surface area (Å²) in [5.41, 5.74) is 0.735. The van der Waals surface area contributed by atoms with Gasteiger partial charge in [-0.3, -0.25) is 9.59 Å². The Morgan fingerprint density at radius 3 is 2.35 bits per heavy atom. The number of carbonyl (C=O) groups excluding carboxylic acids is 3. The van der Waals surface area contributed by atoms with Crippen LogP contribution in [0.5, 0.6) is 0 Å². The molecule has 0 saturated carbocycles. The minimum absolute atomic E-state index is 0.0315. The zero-order valence-electron chi connectivity index (χ0n) is 17.6. The molecule has 31 heavy (non-hydrogen) atoms. The standard InChI is InChI=1S/C21H27F3N2O5/c1-4-30-18(27)16(13(2)3)17-15(25-19(28)21(22,23)24)10-11-26(17)20(29)31-12-14-8-6-5-7-9-14/h5-9,13,15-17H,4,10-12H2,1-3H3,(H,25,28)/t15-,16?,17-/m0/s1. The second-order valence-corrected chi connectivity index (χ2v) is 7.61. The first kappa shape index (κ1) is 24.5. The van der Waals surface area contributed by atoms with Crippen molar-refractivity contribution in [3.63, 3.8) is 0 Å². The molecule has 0 spiro atoms. The van der Waals surface area contributed by atoms with E-state index in [4.69, 9.17) is 9.47 Å². The molecule has 172 valence electrons. The van der Waals surface area contributed by atoms with Gasteiger partial charge >= 0.3 is 24.1 Å². The van der Waals surface area contributed by atoms with Crippen LogP contribution < -0.4 is 5.32 Å². The average molecular weight is 444 g/mol. The van der Waals surface area contributed by atoms with Crippen LogP contribution in [0.15, 0.2) is 30.3 Å². The van der Waals surface area contributed by atoms with Gasteiger partial charge in [0.2, 0.25) is 0 Å². The minimum atomic E-state index is -5.08. The van der Waals surface area contributed by atoms with Crippen LogP contribution in [-0.2, 0) is 25.7 Å². The van der Waals surface area contributed by atoms with Crippen molar-refractivity contribution in [2.24, 2.45) is 11.8 Å². The summed E-state index contributed by atoms with van der Waals surface area (Å²) >= 11 is 0. The molecule has 10 heteroatoms. The van der Waals surface area contributed by atoms with E-state index in [0.29, 0.717) is 0 Å². The van der Waals surface area contributed by atoms with Crippen molar-refractivity contribution < 1.29 is 37.0 Å². The van der Waals surface area contributed by atoms with E-state index in [2.05, 4.69) is 0 Å². The van der Waals surface area contributed by atoms with Crippen LogP contribution in [0.25, 0.3) is 0 Å². The average Bonchev–Trinajstić information content (AvgIpc) is 3.09. The first-order chi connectivity index (χ1) is 14.6. The van der Waals surface area contributed by atoms with E-state index < -0.39 is 42.1 Å². The van der Waals surface area contributed by atoms with E-state index in [-0.39, 0.29) is 32.1 Å². The minimum Gasteiger partial charge on any atom is -0.466 e. The van der Waals surface area contributed by atoms with Gasteiger partial charge < -0.3 is 19.7 Å². The van der Waals surface area contributed by atoms with Crippen molar-refractivity contribution in [2.75, 3.05) is 13.2 Å². The Hall–Kier alpha value is -2.78. The largest absolute Gasteiger partial charge is 0.471 e. The Morgan fingerprint density at radius 2 is 1.81 bits per heavy atom. The lowest BCUT2D eigenvalue weighted by atomic mass is 9.84. The number of likely N-dealkylation sites (tertiary alicyclic amines) is 1. The molecule has 1 unspecified atom stereocenters. The number of ether oxygens (including phenoxy) is 2. The number of carbonyl (C=O) groups is 3. The van der Waals surface area contributed by atoms with Crippen molar-refractivity contribution in [2.45, 2.75) is 52.1 Å². The van der Waals surface area contributed by atoms with Crippen molar-refractivity contribution in [3.8, 4) is 0 Å². The van der Waals surface area contributed by atoms with E-state index in [1.165, 1.54) is 4.90 Å². The summed E-state index contributed by atoms with van der Waals surface area (Å²) in [6.07, 6.45) is -5.80. The highest BCUT2D eigenvalue weighted by Crippen LogP contribution is 2.32. The van der Waals surface area contributed by atoms with Gasteiger partial charge in [-0.15, -0.1) is 0 Å². The molecule has 1 aliphatic rings. The lowest BCUT2D eigenvalue weighted by molar-refractivity contribution is -0.175. The normalized spacial score (nSPS) is 19.8. The van der Waals surface area contributed by atoms with Gasteiger partial charge in [0, 0.05) is 6.54 Å². The Balaban J connectivity index is 2.26. The van der Waals surface area contributed by atoms with Gasteiger partial charge in [0.25, 0.3) is 0 Å². The van der Waals surface area contributed by atoms with Gasteiger partial charge in [0.1, 0.15) is 6.61 Å². The Labute approximate surface area is 178 Å². The fourth-order valence-electron chi connectivity index (χ4n) is 3.73. The van der Waals surface area contributed by atoms with Gasteiger partial charge in [-0.1, -0.05) is 44.2 Å². The predicted octanol–water partition coefficient (Wildman–Crippen LogP) is 3.28. The maximum absolute atomic E-state index is 12.8. The maximum Gasteiger partial charge on any atom is 0.471 e. The molecule has 0 aliphatic carbocycles. The summed E-state index contributed by atoms with van der Waals surface area (Å²) in [5.74, 6) is -4.06. The van der Waals surface area contributed by atoms with E-state index in [1.807, 2.05) is 11.4 Å². The number of nitrogens with one attached hydrogen (secondary N) is 1. The van der Waals surface area contributed by atoms with Crippen LogP contribution in [0.2, 0.25) is 0 Å². The van der Waals surface area contributed by atoms with Crippen LogP contribution in [0, 0.1) is 11.8 Å². The van der Waals surface area contributed by atoms with Gasteiger partial charge in [0.05, 0.1) is 24.6 Å². The summed E-state index contributed by atoms with van der Waals surface area (Å²) in [6, 6.07) is 6.78. The van der Waals surface area contributed by atoms with E-state index in [0.717, 1.165) is 5.56 Å². The SMILES string of the molecule is CCOC(=O)C(C(C)C)[C@@H]1[C@@H](NC(=O)C(F)(F)F)CCN1C(=O)OCc1ccccc1. The number of nitrogens with zero attached hydrogens (tertiary/aromatic N) is 1. The maximum atomic E-state index is 12.8. The van der Waals surface area contributed by atoms with Crippen molar-refractivity contribution >= 4 is 18.0 Å². The molecule has 1 fully saturated rings. The molecule has 0 aromatic heterocycles. The van der Waals surface area contributed by atoms with E-state index in [9.17, 15) is 27.6 Å². The van der Waals surface area contributed by atoms with Gasteiger partial charge in [-0.05, 0) is 24.8 Å². The third-order valence-corrected chi connectivity index (χ3v) is 5.11. The number of hydrogen-bond donors (Lipinski definition) is 1. The third-order valence-electron chi connectivity index (χ3n) is 5.11. The highest BCUT2D eigenvalue weighted by atomic mass is 19.4. The highest BCUT2D eigenvalue weighted by molar-refractivity contribution is 5.83.